The number of nitrogens with two attached hydrogens (primary N) is 1. The summed E-state index contributed by atoms with van der Waals surface area (Å²) in [6.07, 6.45) is 3.15. The second kappa shape index (κ2) is 5.48. The van der Waals surface area contributed by atoms with Gasteiger partial charge in [-0.1, -0.05) is 11.6 Å². The molecule has 8 heteroatoms. The highest BCUT2D eigenvalue weighted by Crippen LogP contribution is 2.16. The molecular formula is C10H11ClN6O. The van der Waals surface area contributed by atoms with Crippen LogP contribution in [0.5, 0.6) is 0 Å². The molecule has 0 fully saturated rings. The van der Waals surface area contributed by atoms with Crippen LogP contribution in [0.25, 0.3) is 0 Å². The number of imidazole rings is 1. The molecule has 0 aromatic carbocycles. The first kappa shape index (κ1) is 12.3. The van der Waals surface area contributed by atoms with Crippen molar-refractivity contribution in [2.75, 3.05) is 5.43 Å². The summed E-state index contributed by atoms with van der Waals surface area (Å²) in [7, 11) is 0. The average molecular weight is 267 g/mol. The van der Waals surface area contributed by atoms with Gasteiger partial charge in [-0.25, -0.2) is 15.8 Å². The number of hydrogen-bond acceptors (Lipinski definition) is 5. The van der Waals surface area contributed by atoms with Gasteiger partial charge in [0.15, 0.2) is 0 Å². The third kappa shape index (κ3) is 2.76. The zero-order valence-corrected chi connectivity index (χ0v) is 10.0. The average Bonchev–Trinajstić information content (AvgIpc) is 2.89. The Balaban J connectivity index is 2.08. The lowest BCUT2D eigenvalue weighted by Gasteiger charge is -2.06. The highest BCUT2D eigenvalue weighted by molar-refractivity contribution is 6.33. The number of nitrogens with zero attached hydrogens (tertiary/aromatic N) is 2. The van der Waals surface area contributed by atoms with Crippen molar-refractivity contribution < 1.29 is 4.79 Å². The van der Waals surface area contributed by atoms with Crippen LogP contribution in [0, 0.1) is 0 Å². The number of hydrazine groups is 1. The molecule has 2 rings (SSSR count). The summed E-state index contributed by atoms with van der Waals surface area (Å²) >= 11 is 5.90. The molecule has 0 aliphatic carbocycles. The van der Waals surface area contributed by atoms with Crippen molar-refractivity contribution >= 4 is 23.3 Å². The van der Waals surface area contributed by atoms with Gasteiger partial charge in [0, 0.05) is 6.20 Å². The maximum absolute atomic E-state index is 11.9. The van der Waals surface area contributed by atoms with Crippen LogP contribution in [0.2, 0.25) is 5.02 Å². The molecule has 0 aliphatic rings. The van der Waals surface area contributed by atoms with Crippen molar-refractivity contribution in [3.05, 3.63) is 41.1 Å². The summed E-state index contributed by atoms with van der Waals surface area (Å²) in [5, 5.41) is 2.93. The number of pyridine rings is 1. The Morgan fingerprint density at radius 1 is 1.50 bits per heavy atom. The molecule has 0 atom stereocenters. The topological polar surface area (TPSA) is 109 Å². The second-order valence-corrected chi connectivity index (χ2v) is 3.84. The van der Waals surface area contributed by atoms with Crippen molar-refractivity contribution in [2.24, 2.45) is 5.84 Å². The molecule has 0 saturated carbocycles. The number of aromatic nitrogens is 3. The zero-order chi connectivity index (χ0) is 13.0. The number of carbonyl (C=O) groups is 1. The number of hydrogen-bond donors (Lipinski definition) is 4. The van der Waals surface area contributed by atoms with Crippen LogP contribution in [0.3, 0.4) is 0 Å². The Bertz CT molecular complexity index is 541. The lowest BCUT2D eigenvalue weighted by Crippen LogP contribution is -2.25. The predicted molar refractivity (Wildman–Crippen MR) is 66.8 cm³/mol. The summed E-state index contributed by atoms with van der Waals surface area (Å²) < 4.78 is 0. The van der Waals surface area contributed by atoms with Crippen LogP contribution in [0.4, 0.5) is 5.82 Å². The van der Waals surface area contributed by atoms with E-state index in [1.165, 1.54) is 6.33 Å². The number of H-pyrrole nitrogens is 1. The van der Waals surface area contributed by atoms with Crippen LogP contribution in [0.1, 0.15) is 16.2 Å². The standard InChI is InChI=1S/C10H11ClN6O/c11-7-1-2-8(17-12)16-9(7)10(18)14-4-6-3-13-5-15-6/h1-3,5H,4,12H2,(H,13,15)(H,14,18)(H,16,17). The Hall–Kier alpha value is -2.12. The molecule has 0 aliphatic heterocycles. The van der Waals surface area contributed by atoms with Gasteiger partial charge >= 0.3 is 0 Å². The largest absolute Gasteiger partial charge is 0.347 e. The van der Waals surface area contributed by atoms with E-state index in [1.807, 2.05) is 0 Å². The maximum Gasteiger partial charge on any atom is 0.271 e. The molecule has 0 bridgehead atoms. The molecule has 7 nitrogen and oxygen atoms in total. The third-order valence-corrected chi connectivity index (χ3v) is 2.51. The normalized spacial score (nSPS) is 10.1. The fraction of sp³-hybridized carbons (Fsp3) is 0.100. The van der Waals surface area contributed by atoms with E-state index in [0.29, 0.717) is 12.4 Å². The van der Waals surface area contributed by atoms with Crippen LogP contribution in [-0.2, 0) is 6.54 Å². The minimum absolute atomic E-state index is 0.117. The molecule has 0 unspecified atom stereocenters. The van der Waals surface area contributed by atoms with Crippen LogP contribution in [-0.4, -0.2) is 20.9 Å². The van der Waals surface area contributed by atoms with Crippen molar-refractivity contribution in [1.82, 2.24) is 20.3 Å². The van der Waals surface area contributed by atoms with E-state index < -0.39 is 0 Å². The van der Waals surface area contributed by atoms with Gasteiger partial charge in [0.2, 0.25) is 0 Å². The van der Waals surface area contributed by atoms with Crippen molar-refractivity contribution in [3.63, 3.8) is 0 Å². The van der Waals surface area contributed by atoms with Crippen molar-refractivity contribution in [1.29, 1.82) is 0 Å². The van der Waals surface area contributed by atoms with Crippen molar-refractivity contribution in [3.8, 4) is 0 Å². The van der Waals surface area contributed by atoms with Gasteiger partial charge in [0.25, 0.3) is 5.91 Å². The minimum atomic E-state index is -0.383. The Morgan fingerprint density at radius 3 is 3.00 bits per heavy atom. The molecular weight excluding hydrogens is 256 g/mol. The SMILES string of the molecule is NNc1ccc(Cl)c(C(=O)NCc2cnc[nH]2)n1. The summed E-state index contributed by atoms with van der Waals surface area (Å²) in [6, 6.07) is 3.13. The van der Waals surface area contributed by atoms with E-state index in [9.17, 15) is 4.79 Å². The lowest BCUT2D eigenvalue weighted by molar-refractivity contribution is 0.0946. The number of carbonyl (C=O) groups excluding carboxylic acids is 1. The zero-order valence-electron chi connectivity index (χ0n) is 9.27. The first-order valence-corrected chi connectivity index (χ1v) is 5.47. The van der Waals surface area contributed by atoms with E-state index in [4.69, 9.17) is 17.4 Å². The van der Waals surface area contributed by atoms with Gasteiger partial charge < -0.3 is 15.7 Å². The smallest absolute Gasteiger partial charge is 0.271 e. The minimum Gasteiger partial charge on any atom is -0.347 e. The van der Waals surface area contributed by atoms with Gasteiger partial charge in [0.05, 0.1) is 23.6 Å². The fourth-order valence-corrected chi connectivity index (χ4v) is 1.51. The number of amides is 1. The Morgan fingerprint density at radius 2 is 2.33 bits per heavy atom. The molecule has 0 spiro atoms. The van der Waals surface area contributed by atoms with Gasteiger partial charge in [-0.3, -0.25) is 4.79 Å². The maximum atomic E-state index is 11.9. The third-order valence-electron chi connectivity index (χ3n) is 2.20. The molecule has 5 N–H and O–H groups in total. The molecule has 0 radical (unpaired) electrons. The van der Waals surface area contributed by atoms with Gasteiger partial charge in [-0.15, -0.1) is 0 Å². The Labute approximate surface area is 108 Å². The monoisotopic (exact) mass is 266 g/mol. The number of anilines is 1. The first-order valence-electron chi connectivity index (χ1n) is 5.09. The Kier molecular flexibility index (Phi) is 3.75. The highest BCUT2D eigenvalue weighted by atomic mass is 35.5. The summed E-state index contributed by atoms with van der Waals surface area (Å²) in [6.45, 7) is 0.317. The van der Waals surface area contributed by atoms with E-state index in [-0.39, 0.29) is 16.6 Å². The van der Waals surface area contributed by atoms with Gasteiger partial charge in [-0.2, -0.15) is 0 Å². The van der Waals surface area contributed by atoms with E-state index >= 15 is 0 Å². The molecule has 0 saturated heterocycles. The number of halogens is 1. The van der Waals surface area contributed by atoms with E-state index in [2.05, 4.69) is 25.7 Å². The predicted octanol–water partition coefficient (Wildman–Crippen LogP) is 0.674. The molecule has 2 aromatic heterocycles. The van der Waals surface area contributed by atoms with Crippen LogP contribution >= 0.6 is 11.6 Å². The van der Waals surface area contributed by atoms with E-state index in [0.717, 1.165) is 5.69 Å². The number of nitrogen functional groups attached to an aromatic ring is 1. The number of nitrogens with one attached hydrogen (secondary N) is 3. The molecule has 2 aromatic rings. The molecule has 1 amide bonds. The summed E-state index contributed by atoms with van der Waals surface area (Å²) in [5.41, 5.74) is 3.26. The molecule has 18 heavy (non-hydrogen) atoms. The van der Waals surface area contributed by atoms with Gasteiger partial charge in [-0.05, 0) is 12.1 Å². The fourth-order valence-electron chi connectivity index (χ4n) is 1.32. The molecule has 2 heterocycles. The summed E-state index contributed by atoms with van der Waals surface area (Å²) in [5.74, 6) is 5.20. The highest BCUT2D eigenvalue weighted by Gasteiger charge is 2.12. The number of aromatic amines is 1. The van der Waals surface area contributed by atoms with Crippen molar-refractivity contribution in [2.45, 2.75) is 6.54 Å². The first-order chi connectivity index (χ1) is 8.70. The summed E-state index contributed by atoms with van der Waals surface area (Å²) in [4.78, 5) is 22.6. The van der Waals surface area contributed by atoms with E-state index in [1.54, 1.807) is 18.3 Å². The quantitative estimate of drug-likeness (QED) is 0.480. The second-order valence-electron chi connectivity index (χ2n) is 3.43. The lowest BCUT2D eigenvalue weighted by atomic mass is 10.3. The molecule has 94 valence electrons. The van der Waals surface area contributed by atoms with Crippen LogP contribution < -0.4 is 16.6 Å². The van der Waals surface area contributed by atoms with Crippen LogP contribution in [0.15, 0.2) is 24.7 Å². The number of rotatable bonds is 4. The van der Waals surface area contributed by atoms with Gasteiger partial charge in [0.1, 0.15) is 11.5 Å².